The van der Waals surface area contributed by atoms with E-state index >= 15 is 0 Å². The average Bonchev–Trinajstić information content (AvgIpc) is 3.21. The molecule has 3 rings (SSSR count). The summed E-state index contributed by atoms with van der Waals surface area (Å²) in [5, 5.41) is 2.90. The zero-order valence-corrected chi connectivity index (χ0v) is 19.4. The van der Waals surface area contributed by atoms with Crippen molar-refractivity contribution in [1.82, 2.24) is 5.01 Å². The van der Waals surface area contributed by atoms with Gasteiger partial charge in [0.25, 0.3) is 0 Å². The van der Waals surface area contributed by atoms with Crippen molar-refractivity contribution in [1.29, 1.82) is 0 Å². The highest BCUT2D eigenvalue weighted by molar-refractivity contribution is 8.14. The third-order valence-electron chi connectivity index (χ3n) is 4.28. The second-order valence-electron chi connectivity index (χ2n) is 8.01. The Morgan fingerprint density at radius 1 is 1.16 bits per heavy atom. The summed E-state index contributed by atoms with van der Waals surface area (Å²) in [6.45, 7) is 5.72. The van der Waals surface area contributed by atoms with E-state index in [2.05, 4.69) is 4.99 Å². The number of amidine groups is 1. The number of para-hydroxylation sites is 1. The minimum absolute atomic E-state index is 0.0386. The molecule has 0 aliphatic carbocycles. The number of rotatable bonds is 4. The second-order valence-corrected chi connectivity index (χ2v) is 9.48. The van der Waals surface area contributed by atoms with Crippen LogP contribution in [0.5, 0.6) is 0 Å². The molecule has 1 aliphatic rings. The number of hydrogen-bond donors (Lipinski definition) is 0. The molecule has 1 aliphatic heterocycles. The fourth-order valence-corrected chi connectivity index (χ4v) is 4.04. The molecular formula is C22H23ClF3N3O2S. The Morgan fingerprint density at radius 2 is 1.84 bits per heavy atom. The second kappa shape index (κ2) is 9.62. The third-order valence-corrected chi connectivity index (χ3v) is 5.56. The number of halogens is 4. The third kappa shape index (κ3) is 6.10. The Morgan fingerprint density at radius 3 is 2.41 bits per heavy atom. The van der Waals surface area contributed by atoms with Gasteiger partial charge in [0.15, 0.2) is 5.17 Å². The van der Waals surface area contributed by atoms with E-state index in [-0.39, 0.29) is 11.6 Å². The number of nitrogens with zero attached hydrogens (tertiary/aromatic N) is 3. The molecule has 0 bridgehead atoms. The number of aliphatic imine (C=N–C) groups is 1. The maximum atomic E-state index is 13.4. The zero-order chi connectivity index (χ0) is 23.5. The number of thioether (sulfide) groups is 1. The number of ether oxygens (including phenoxy) is 1. The molecule has 0 N–H and O–H groups in total. The van der Waals surface area contributed by atoms with Gasteiger partial charge in [-0.3, -0.25) is 10.0 Å². The van der Waals surface area contributed by atoms with Crippen LogP contribution < -0.4 is 5.01 Å². The van der Waals surface area contributed by atoms with E-state index in [1.807, 2.05) is 6.07 Å². The van der Waals surface area contributed by atoms with Gasteiger partial charge in [-0.2, -0.15) is 18.2 Å². The first-order valence-corrected chi connectivity index (χ1v) is 11.2. The van der Waals surface area contributed by atoms with Crippen LogP contribution in [0.1, 0.15) is 31.9 Å². The number of hydrogen-bond acceptors (Lipinski definition) is 5. The molecule has 172 valence electrons. The Balaban J connectivity index is 2.06. The van der Waals surface area contributed by atoms with Crippen LogP contribution in [-0.4, -0.2) is 34.2 Å². The summed E-state index contributed by atoms with van der Waals surface area (Å²) in [6, 6.07) is 12.6. The largest absolute Gasteiger partial charge is 0.442 e. The molecule has 0 saturated heterocycles. The molecule has 10 heteroatoms. The van der Waals surface area contributed by atoms with Crippen LogP contribution in [-0.2, 0) is 17.5 Å². The normalized spacial score (nSPS) is 14.2. The first-order chi connectivity index (χ1) is 15.0. The predicted octanol–water partition coefficient (Wildman–Crippen LogP) is 6.62. The Hall–Kier alpha value is -2.39. The van der Waals surface area contributed by atoms with Crippen molar-refractivity contribution in [3.63, 3.8) is 0 Å². The SMILES string of the molecule is CC(C)(C)OC(=O)N(C1=NCCS1)N(Cc1ccc(Cl)c(C(F)(F)F)c1)c1ccccc1. The van der Waals surface area contributed by atoms with Gasteiger partial charge in [-0.1, -0.05) is 47.6 Å². The van der Waals surface area contributed by atoms with Gasteiger partial charge in [0, 0.05) is 5.75 Å². The first kappa shape index (κ1) is 24.3. The summed E-state index contributed by atoms with van der Waals surface area (Å²) < 4.78 is 45.8. The molecular weight excluding hydrogens is 463 g/mol. The van der Waals surface area contributed by atoms with E-state index in [4.69, 9.17) is 16.3 Å². The summed E-state index contributed by atoms with van der Waals surface area (Å²) in [5.74, 6) is 0.691. The van der Waals surface area contributed by atoms with Crippen molar-refractivity contribution < 1.29 is 22.7 Å². The topological polar surface area (TPSA) is 45.1 Å². The molecule has 1 amide bonds. The lowest BCUT2D eigenvalue weighted by Crippen LogP contribution is -2.50. The fourth-order valence-electron chi connectivity index (χ4n) is 2.98. The van der Waals surface area contributed by atoms with Crippen LogP contribution in [0.2, 0.25) is 5.02 Å². The quantitative estimate of drug-likeness (QED) is 0.456. The molecule has 0 radical (unpaired) electrons. The van der Waals surface area contributed by atoms with Gasteiger partial charge in [-0.25, -0.2) is 4.79 Å². The van der Waals surface area contributed by atoms with E-state index in [0.717, 1.165) is 6.07 Å². The molecule has 0 fully saturated rings. The van der Waals surface area contributed by atoms with E-state index in [1.165, 1.54) is 28.9 Å². The molecule has 1 heterocycles. The number of benzene rings is 2. The smallest absolute Gasteiger partial charge is 0.436 e. The number of anilines is 1. The molecule has 0 atom stereocenters. The van der Waals surface area contributed by atoms with E-state index in [9.17, 15) is 18.0 Å². The fraction of sp³-hybridized carbons (Fsp3) is 0.364. The van der Waals surface area contributed by atoms with Crippen molar-refractivity contribution in [2.75, 3.05) is 17.3 Å². The number of amides is 1. The number of alkyl halides is 3. The van der Waals surface area contributed by atoms with Crippen molar-refractivity contribution in [3.8, 4) is 0 Å². The van der Waals surface area contributed by atoms with Crippen molar-refractivity contribution >= 4 is 40.3 Å². The van der Waals surface area contributed by atoms with Gasteiger partial charge in [-0.05, 0) is 50.6 Å². The summed E-state index contributed by atoms with van der Waals surface area (Å²) in [4.78, 5) is 17.6. The molecule has 0 spiro atoms. The summed E-state index contributed by atoms with van der Waals surface area (Å²) in [5.41, 5.74) is -0.786. The van der Waals surface area contributed by atoms with Crippen molar-refractivity contribution in [2.24, 2.45) is 4.99 Å². The van der Waals surface area contributed by atoms with Crippen LogP contribution >= 0.6 is 23.4 Å². The highest BCUT2D eigenvalue weighted by Gasteiger charge is 2.35. The van der Waals surface area contributed by atoms with Gasteiger partial charge in [0.05, 0.1) is 29.4 Å². The number of carbonyl (C=O) groups excluding carboxylic acids is 1. The molecule has 32 heavy (non-hydrogen) atoms. The lowest BCUT2D eigenvalue weighted by Gasteiger charge is -2.36. The van der Waals surface area contributed by atoms with Crippen LogP contribution in [0.3, 0.4) is 0 Å². The molecule has 0 aromatic heterocycles. The monoisotopic (exact) mass is 485 g/mol. The summed E-state index contributed by atoms with van der Waals surface area (Å²) >= 11 is 7.16. The summed E-state index contributed by atoms with van der Waals surface area (Å²) in [7, 11) is 0. The molecule has 0 saturated carbocycles. The van der Waals surface area contributed by atoms with E-state index in [1.54, 1.807) is 50.0 Å². The lowest BCUT2D eigenvalue weighted by molar-refractivity contribution is -0.137. The van der Waals surface area contributed by atoms with Crippen molar-refractivity contribution in [3.05, 3.63) is 64.7 Å². The standard InChI is InChI=1S/C22H23ClF3N3O2S/c1-21(2,3)31-20(30)29(19-27-11-12-32-19)28(16-7-5-4-6-8-16)14-15-9-10-18(23)17(13-15)22(24,25)26/h4-10,13H,11-12,14H2,1-3H3. The minimum Gasteiger partial charge on any atom is -0.442 e. The highest BCUT2D eigenvalue weighted by atomic mass is 35.5. The van der Waals surface area contributed by atoms with E-state index < -0.39 is 23.4 Å². The van der Waals surface area contributed by atoms with Crippen molar-refractivity contribution in [2.45, 2.75) is 39.1 Å². The molecule has 2 aromatic carbocycles. The van der Waals surface area contributed by atoms with E-state index in [0.29, 0.717) is 28.7 Å². The van der Waals surface area contributed by atoms with Gasteiger partial charge >= 0.3 is 12.3 Å². The lowest BCUT2D eigenvalue weighted by atomic mass is 10.1. The zero-order valence-electron chi connectivity index (χ0n) is 17.8. The highest BCUT2D eigenvalue weighted by Crippen LogP contribution is 2.36. The maximum absolute atomic E-state index is 13.4. The van der Waals surface area contributed by atoms with Crippen LogP contribution in [0.25, 0.3) is 0 Å². The van der Waals surface area contributed by atoms with Gasteiger partial charge in [-0.15, -0.1) is 0 Å². The number of carbonyl (C=O) groups is 1. The Kier molecular flexibility index (Phi) is 7.29. The van der Waals surface area contributed by atoms with Gasteiger partial charge < -0.3 is 4.74 Å². The average molecular weight is 486 g/mol. The maximum Gasteiger partial charge on any atom is 0.436 e. The first-order valence-electron chi connectivity index (χ1n) is 9.84. The van der Waals surface area contributed by atoms with Crippen LogP contribution in [0.15, 0.2) is 53.5 Å². The molecule has 5 nitrogen and oxygen atoms in total. The minimum atomic E-state index is -4.60. The Labute approximate surface area is 194 Å². The van der Waals surface area contributed by atoms with Gasteiger partial charge in [0.2, 0.25) is 0 Å². The molecule has 2 aromatic rings. The van der Waals surface area contributed by atoms with Crippen LogP contribution in [0, 0.1) is 0 Å². The van der Waals surface area contributed by atoms with Gasteiger partial charge in [0.1, 0.15) is 5.60 Å². The predicted molar refractivity (Wildman–Crippen MR) is 122 cm³/mol. The summed E-state index contributed by atoms with van der Waals surface area (Å²) in [6.07, 6.45) is -5.26. The molecule has 0 unspecified atom stereocenters. The Bertz CT molecular complexity index is 994. The van der Waals surface area contributed by atoms with Crippen LogP contribution in [0.4, 0.5) is 23.7 Å². The number of hydrazine groups is 1.